The van der Waals surface area contributed by atoms with Crippen LogP contribution < -0.4 is 4.90 Å². The molecule has 0 bridgehead atoms. The maximum absolute atomic E-state index is 12.2. The van der Waals surface area contributed by atoms with Gasteiger partial charge in [0.1, 0.15) is 6.04 Å². The van der Waals surface area contributed by atoms with Gasteiger partial charge in [0.2, 0.25) is 5.91 Å². The Hall–Kier alpha value is -1.55. The first-order valence-electron chi connectivity index (χ1n) is 6.21. The van der Waals surface area contributed by atoms with Crippen LogP contribution in [0.15, 0.2) is 18.2 Å². The molecular formula is C14H16ClNO3. The Morgan fingerprint density at radius 3 is 2.89 bits per heavy atom. The number of hydrogen-bond donors (Lipinski definition) is 0. The van der Waals surface area contributed by atoms with E-state index in [1.54, 1.807) is 18.2 Å². The average molecular weight is 282 g/mol. The number of hydrogen-bond acceptors (Lipinski definition) is 3. The van der Waals surface area contributed by atoms with Crippen molar-refractivity contribution in [3.8, 4) is 0 Å². The van der Waals surface area contributed by atoms with Gasteiger partial charge in [-0.15, -0.1) is 0 Å². The first-order valence-corrected chi connectivity index (χ1v) is 6.59. The topological polar surface area (TPSA) is 46.6 Å². The molecule has 1 heterocycles. The lowest BCUT2D eigenvalue weighted by atomic mass is 9.99. The van der Waals surface area contributed by atoms with Crippen LogP contribution in [-0.2, 0) is 14.3 Å². The number of rotatable bonds is 2. The van der Waals surface area contributed by atoms with Gasteiger partial charge in [-0.2, -0.15) is 0 Å². The van der Waals surface area contributed by atoms with E-state index in [0.29, 0.717) is 30.0 Å². The normalized spacial score (nSPS) is 19.4. The van der Waals surface area contributed by atoms with Gasteiger partial charge < -0.3 is 4.74 Å². The van der Waals surface area contributed by atoms with Crippen molar-refractivity contribution < 1.29 is 14.3 Å². The summed E-state index contributed by atoms with van der Waals surface area (Å²) in [5.74, 6) is -0.445. The Balaban J connectivity index is 2.45. The molecule has 1 atom stereocenters. The molecular weight excluding hydrogens is 266 g/mol. The molecule has 1 amide bonds. The van der Waals surface area contributed by atoms with Gasteiger partial charge >= 0.3 is 5.97 Å². The van der Waals surface area contributed by atoms with E-state index in [1.807, 2.05) is 6.92 Å². The summed E-state index contributed by atoms with van der Waals surface area (Å²) in [6.07, 6.45) is 1.76. The lowest BCUT2D eigenvalue weighted by Gasteiger charge is -2.34. The summed E-state index contributed by atoms with van der Waals surface area (Å²) < 4.78 is 4.79. The van der Waals surface area contributed by atoms with Gasteiger partial charge in [0, 0.05) is 17.1 Å². The second-order valence-electron chi connectivity index (χ2n) is 4.58. The maximum atomic E-state index is 12.2. The number of carbonyl (C=O) groups excluding carboxylic acids is 2. The summed E-state index contributed by atoms with van der Waals surface area (Å²) in [4.78, 5) is 25.5. The number of nitrogens with zero attached hydrogens (tertiary/aromatic N) is 1. The van der Waals surface area contributed by atoms with Crippen LogP contribution >= 0.6 is 11.6 Å². The molecule has 0 N–H and O–H groups in total. The molecule has 19 heavy (non-hydrogen) atoms. The van der Waals surface area contributed by atoms with E-state index >= 15 is 0 Å². The molecule has 4 nitrogen and oxygen atoms in total. The minimum atomic E-state index is -0.552. The van der Waals surface area contributed by atoms with Crippen LogP contribution in [0.3, 0.4) is 0 Å². The molecule has 2 rings (SSSR count). The maximum Gasteiger partial charge on any atom is 0.328 e. The summed E-state index contributed by atoms with van der Waals surface area (Å²) in [7, 11) is 1.34. The van der Waals surface area contributed by atoms with E-state index < -0.39 is 6.04 Å². The summed E-state index contributed by atoms with van der Waals surface area (Å²) in [5, 5.41) is 0.583. The number of amides is 1. The largest absolute Gasteiger partial charge is 0.467 e. The molecule has 1 aromatic rings. The molecule has 0 saturated carbocycles. The van der Waals surface area contributed by atoms with Gasteiger partial charge in [-0.1, -0.05) is 17.7 Å². The van der Waals surface area contributed by atoms with Crippen LogP contribution in [0.25, 0.3) is 0 Å². The van der Waals surface area contributed by atoms with Crippen molar-refractivity contribution in [1.29, 1.82) is 0 Å². The molecule has 0 spiro atoms. The number of carbonyl (C=O) groups is 2. The monoisotopic (exact) mass is 281 g/mol. The Morgan fingerprint density at radius 2 is 2.21 bits per heavy atom. The lowest BCUT2D eigenvalue weighted by Crippen LogP contribution is -2.49. The van der Waals surface area contributed by atoms with Crippen molar-refractivity contribution in [2.75, 3.05) is 12.0 Å². The summed E-state index contributed by atoms with van der Waals surface area (Å²) in [6.45, 7) is 1.84. The molecule has 0 radical (unpaired) electrons. The highest BCUT2D eigenvalue weighted by Gasteiger charge is 2.35. The third kappa shape index (κ3) is 2.59. The van der Waals surface area contributed by atoms with Gasteiger partial charge in [0.15, 0.2) is 0 Å². The zero-order valence-electron chi connectivity index (χ0n) is 11.0. The summed E-state index contributed by atoms with van der Waals surface area (Å²) in [6, 6.07) is 4.80. The number of esters is 1. The highest BCUT2D eigenvalue weighted by Crippen LogP contribution is 2.32. The van der Waals surface area contributed by atoms with Gasteiger partial charge in [-0.25, -0.2) is 4.79 Å². The highest BCUT2D eigenvalue weighted by atomic mass is 35.5. The fourth-order valence-electron chi connectivity index (χ4n) is 2.39. The number of ether oxygens (including phenoxy) is 1. The van der Waals surface area contributed by atoms with Crippen molar-refractivity contribution in [3.05, 3.63) is 28.8 Å². The lowest BCUT2D eigenvalue weighted by molar-refractivity contribution is -0.144. The second kappa shape index (κ2) is 5.61. The minimum Gasteiger partial charge on any atom is -0.467 e. The average Bonchev–Trinajstić information content (AvgIpc) is 2.41. The van der Waals surface area contributed by atoms with Crippen molar-refractivity contribution in [2.24, 2.45) is 0 Å². The number of benzene rings is 1. The third-order valence-electron chi connectivity index (χ3n) is 3.42. The molecule has 1 aliphatic rings. The number of piperidine rings is 1. The zero-order valence-corrected chi connectivity index (χ0v) is 11.7. The summed E-state index contributed by atoms with van der Waals surface area (Å²) in [5.41, 5.74) is 1.49. The van der Waals surface area contributed by atoms with Crippen LogP contribution in [-0.4, -0.2) is 25.0 Å². The van der Waals surface area contributed by atoms with Crippen LogP contribution in [0.1, 0.15) is 24.8 Å². The third-order valence-corrected chi connectivity index (χ3v) is 3.83. The minimum absolute atomic E-state index is 0.0629. The quantitative estimate of drug-likeness (QED) is 0.783. The van der Waals surface area contributed by atoms with Gasteiger partial charge in [0.25, 0.3) is 0 Å². The van der Waals surface area contributed by atoms with E-state index in [4.69, 9.17) is 16.3 Å². The molecule has 5 heteroatoms. The van der Waals surface area contributed by atoms with Crippen LogP contribution in [0, 0.1) is 6.92 Å². The molecule has 1 aliphatic heterocycles. The number of methoxy groups -OCH3 is 1. The van der Waals surface area contributed by atoms with E-state index in [9.17, 15) is 9.59 Å². The smallest absolute Gasteiger partial charge is 0.328 e. The van der Waals surface area contributed by atoms with Crippen molar-refractivity contribution in [2.45, 2.75) is 32.2 Å². The van der Waals surface area contributed by atoms with E-state index in [-0.39, 0.29) is 11.9 Å². The fourth-order valence-corrected chi connectivity index (χ4v) is 2.56. The fraction of sp³-hybridized carbons (Fsp3) is 0.429. The Kier molecular flexibility index (Phi) is 4.10. The van der Waals surface area contributed by atoms with Crippen LogP contribution in [0.4, 0.5) is 5.69 Å². The zero-order chi connectivity index (χ0) is 14.0. The summed E-state index contributed by atoms with van der Waals surface area (Å²) >= 11 is 6.09. The molecule has 1 fully saturated rings. The Labute approximate surface area is 117 Å². The van der Waals surface area contributed by atoms with Crippen molar-refractivity contribution >= 4 is 29.2 Å². The first kappa shape index (κ1) is 13.9. The van der Waals surface area contributed by atoms with Gasteiger partial charge in [0.05, 0.1) is 7.11 Å². The van der Waals surface area contributed by atoms with E-state index in [0.717, 1.165) is 5.56 Å². The predicted molar refractivity (Wildman–Crippen MR) is 73.3 cm³/mol. The molecule has 0 aliphatic carbocycles. The molecule has 1 saturated heterocycles. The standard InChI is InChI=1S/C14H16ClNO3/c1-9-10(15)5-3-6-11(9)16-12(14(18)19-2)7-4-8-13(16)17/h3,5-6,12H,4,7-8H2,1-2H3. The van der Waals surface area contributed by atoms with Crippen LogP contribution in [0.5, 0.6) is 0 Å². The van der Waals surface area contributed by atoms with Gasteiger partial charge in [-0.3, -0.25) is 9.69 Å². The van der Waals surface area contributed by atoms with Gasteiger partial charge in [-0.05, 0) is 37.5 Å². The molecule has 0 aromatic heterocycles. The van der Waals surface area contributed by atoms with Crippen molar-refractivity contribution in [1.82, 2.24) is 0 Å². The number of anilines is 1. The SMILES string of the molecule is COC(=O)C1CCCC(=O)N1c1cccc(Cl)c1C. The highest BCUT2D eigenvalue weighted by molar-refractivity contribution is 6.31. The van der Waals surface area contributed by atoms with Crippen molar-refractivity contribution in [3.63, 3.8) is 0 Å². The Morgan fingerprint density at radius 1 is 1.47 bits per heavy atom. The van der Waals surface area contributed by atoms with E-state index in [2.05, 4.69) is 0 Å². The Bertz CT molecular complexity index is 515. The number of halogens is 1. The molecule has 1 aromatic carbocycles. The first-order chi connectivity index (χ1) is 9.06. The predicted octanol–water partition coefficient (Wildman–Crippen LogP) is 2.71. The second-order valence-corrected chi connectivity index (χ2v) is 4.99. The van der Waals surface area contributed by atoms with E-state index in [1.165, 1.54) is 12.0 Å². The van der Waals surface area contributed by atoms with Crippen LogP contribution in [0.2, 0.25) is 5.02 Å². The molecule has 1 unspecified atom stereocenters. The molecule has 102 valence electrons.